The predicted molar refractivity (Wildman–Crippen MR) is 79.3 cm³/mol. The molecule has 1 fully saturated rings. The molecule has 0 aliphatic carbocycles. The lowest BCUT2D eigenvalue weighted by atomic mass is 10.0. The van der Waals surface area contributed by atoms with E-state index in [4.69, 9.17) is 4.74 Å². The van der Waals surface area contributed by atoms with Crippen molar-refractivity contribution in [3.05, 3.63) is 42.0 Å². The van der Waals surface area contributed by atoms with Gasteiger partial charge in [-0.25, -0.2) is 0 Å². The van der Waals surface area contributed by atoms with E-state index < -0.39 is 0 Å². The van der Waals surface area contributed by atoms with Crippen LogP contribution in [0.25, 0.3) is 10.8 Å². The van der Waals surface area contributed by atoms with Crippen molar-refractivity contribution in [2.45, 2.75) is 0 Å². The first-order chi connectivity index (χ1) is 9.81. The summed E-state index contributed by atoms with van der Waals surface area (Å²) in [6, 6.07) is 11.8. The Morgan fingerprint density at radius 1 is 1.15 bits per heavy atom. The summed E-state index contributed by atoms with van der Waals surface area (Å²) in [4.78, 5) is 14.7. The van der Waals surface area contributed by atoms with Gasteiger partial charge in [0.2, 0.25) is 0 Å². The third-order valence-corrected chi connectivity index (χ3v) is 3.73. The Hall–Kier alpha value is -2.07. The summed E-state index contributed by atoms with van der Waals surface area (Å²) >= 11 is 0. The lowest BCUT2D eigenvalue weighted by Gasteiger charge is -2.28. The maximum Gasteiger partial charge on any atom is 0.258 e. The van der Waals surface area contributed by atoms with Gasteiger partial charge in [0.15, 0.2) is 0 Å². The molecule has 1 heterocycles. The SMILES string of the molecule is COc1ccc2ccccc2c1C(=O)N1CCNCC1. The molecule has 3 rings (SSSR count). The van der Waals surface area contributed by atoms with E-state index in [1.165, 1.54) is 0 Å². The standard InChI is InChI=1S/C16H18N2O2/c1-20-14-7-6-12-4-2-3-5-13(12)15(14)16(19)18-10-8-17-9-11-18/h2-7,17H,8-11H2,1H3. The highest BCUT2D eigenvalue weighted by atomic mass is 16.5. The first-order valence-corrected chi connectivity index (χ1v) is 6.87. The van der Waals surface area contributed by atoms with E-state index in [2.05, 4.69) is 5.32 Å². The van der Waals surface area contributed by atoms with E-state index in [0.717, 1.165) is 37.0 Å². The van der Waals surface area contributed by atoms with Crippen LogP contribution in [0.4, 0.5) is 0 Å². The normalized spacial score (nSPS) is 15.3. The van der Waals surface area contributed by atoms with Crippen molar-refractivity contribution in [3.8, 4) is 5.75 Å². The van der Waals surface area contributed by atoms with E-state index >= 15 is 0 Å². The quantitative estimate of drug-likeness (QED) is 0.906. The summed E-state index contributed by atoms with van der Waals surface area (Å²) in [7, 11) is 1.61. The Labute approximate surface area is 118 Å². The monoisotopic (exact) mass is 270 g/mol. The van der Waals surface area contributed by atoms with Crippen LogP contribution in [0.3, 0.4) is 0 Å². The first kappa shape index (κ1) is 12.9. The number of nitrogens with zero attached hydrogens (tertiary/aromatic N) is 1. The van der Waals surface area contributed by atoms with E-state index in [0.29, 0.717) is 11.3 Å². The summed E-state index contributed by atoms with van der Waals surface area (Å²) in [6.07, 6.45) is 0. The summed E-state index contributed by atoms with van der Waals surface area (Å²) in [5.41, 5.74) is 0.674. The molecule has 20 heavy (non-hydrogen) atoms. The number of hydrogen-bond acceptors (Lipinski definition) is 3. The minimum Gasteiger partial charge on any atom is -0.496 e. The van der Waals surface area contributed by atoms with Crippen LogP contribution in [0.1, 0.15) is 10.4 Å². The maximum absolute atomic E-state index is 12.8. The number of rotatable bonds is 2. The highest BCUT2D eigenvalue weighted by Crippen LogP contribution is 2.29. The zero-order chi connectivity index (χ0) is 13.9. The van der Waals surface area contributed by atoms with Crippen LogP contribution in [0.15, 0.2) is 36.4 Å². The van der Waals surface area contributed by atoms with Crippen molar-refractivity contribution in [2.75, 3.05) is 33.3 Å². The number of nitrogens with one attached hydrogen (secondary N) is 1. The van der Waals surface area contributed by atoms with Gasteiger partial charge in [0.25, 0.3) is 5.91 Å². The van der Waals surface area contributed by atoms with E-state index in [9.17, 15) is 4.79 Å². The predicted octanol–water partition coefficient (Wildman–Crippen LogP) is 1.89. The zero-order valence-electron chi connectivity index (χ0n) is 11.6. The zero-order valence-corrected chi connectivity index (χ0v) is 11.6. The number of carbonyl (C=O) groups excluding carboxylic acids is 1. The van der Waals surface area contributed by atoms with Gasteiger partial charge in [0, 0.05) is 26.2 Å². The smallest absolute Gasteiger partial charge is 0.258 e. The van der Waals surface area contributed by atoms with Gasteiger partial charge in [-0.15, -0.1) is 0 Å². The van der Waals surface area contributed by atoms with E-state index in [1.807, 2.05) is 41.3 Å². The number of benzene rings is 2. The molecule has 0 bridgehead atoms. The van der Waals surface area contributed by atoms with Crippen molar-refractivity contribution in [1.82, 2.24) is 10.2 Å². The molecule has 1 N–H and O–H groups in total. The minimum absolute atomic E-state index is 0.0557. The van der Waals surface area contributed by atoms with Gasteiger partial charge in [0.1, 0.15) is 5.75 Å². The maximum atomic E-state index is 12.8. The highest BCUT2D eigenvalue weighted by molar-refractivity contribution is 6.09. The number of carbonyl (C=O) groups is 1. The van der Waals surface area contributed by atoms with Crippen molar-refractivity contribution in [1.29, 1.82) is 0 Å². The minimum atomic E-state index is 0.0557. The fourth-order valence-corrected chi connectivity index (χ4v) is 2.67. The Kier molecular flexibility index (Phi) is 3.56. The Morgan fingerprint density at radius 3 is 2.65 bits per heavy atom. The molecule has 4 heteroatoms. The van der Waals surface area contributed by atoms with Crippen molar-refractivity contribution in [3.63, 3.8) is 0 Å². The van der Waals surface area contributed by atoms with E-state index in [1.54, 1.807) is 7.11 Å². The van der Waals surface area contributed by atoms with Crippen LogP contribution in [0.2, 0.25) is 0 Å². The molecule has 0 saturated carbocycles. The number of hydrogen-bond donors (Lipinski definition) is 1. The molecule has 1 aliphatic heterocycles. The average Bonchev–Trinajstić information content (AvgIpc) is 2.54. The summed E-state index contributed by atoms with van der Waals surface area (Å²) < 4.78 is 5.40. The van der Waals surface area contributed by atoms with Gasteiger partial charge in [-0.05, 0) is 16.8 Å². The molecular formula is C16H18N2O2. The second-order valence-corrected chi connectivity index (χ2v) is 4.91. The van der Waals surface area contributed by atoms with E-state index in [-0.39, 0.29) is 5.91 Å². The largest absolute Gasteiger partial charge is 0.496 e. The van der Waals surface area contributed by atoms with Crippen LogP contribution >= 0.6 is 0 Å². The number of piperazine rings is 1. The third-order valence-electron chi connectivity index (χ3n) is 3.73. The number of fused-ring (bicyclic) bond motifs is 1. The first-order valence-electron chi connectivity index (χ1n) is 6.87. The number of methoxy groups -OCH3 is 1. The topological polar surface area (TPSA) is 41.6 Å². The summed E-state index contributed by atoms with van der Waals surface area (Å²) in [6.45, 7) is 3.17. The molecule has 2 aromatic rings. The second kappa shape index (κ2) is 5.51. The lowest BCUT2D eigenvalue weighted by molar-refractivity contribution is 0.0734. The fraction of sp³-hybridized carbons (Fsp3) is 0.312. The Morgan fingerprint density at radius 2 is 1.90 bits per heavy atom. The molecule has 2 aromatic carbocycles. The Balaban J connectivity index is 2.10. The molecule has 0 unspecified atom stereocenters. The van der Waals surface area contributed by atoms with Crippen LogP contribution < -0.4 is 10.1 Å². The van der Waals surface area contributed by atoms with Crippen molar-refractivity contribution in [2.24, 2.45) is 0 Å². The summed E-state index contributed by atoms with van der Waals surface area (Å²) in [5.74, 6) is 0.701. The molecule has 1 amide bonds. The molecular weight excluding hydrogens is 252 g/mol. The number of ether oxygens (including phenoxy) is 1. The molecule has 104 valence electrons. The molecule has 4 nitrogen and oxygen atoms in total. The molecule has 1 aliphatic rings. The van der Waals surface area contributed by atoms with Crippen LogP contribution in [-0.4, -0.2) is 44.1 Å². The third kappa shape index (κ3) is 2.23. The fourth-order valence-electron chi connectivity index (χ4n) is 2.67. The van der Waals surface area contributed by atoms with Crippen LogP contribution in [0.5, 0.6) is 5.75 Å². The van der Waals surface area contributed by atoms with Gasteiger partial charge in [0.05, 0.1) is 12.7 Å². The van der Waals surface area contributed by atoms with Gasteiger partial charge in [-0.3, -0.25) is 4.79 Å². The van der Waals surface area contributed by atoms with Gasteiger partial charge in [-0.1, -0.05) is 30.3 Å². The molecule has 1 saturated heterocycles. The molecule has 0 atom stereocenters. The lowest BCUT2D eigenvalue weighted by Crippen LogP contribution is -2.46. The second-order valence-electron chi connectivity index (χ2n) is 4.91. The van der Waals surface area contributed by atoms with Gasteiger partial charge >= 0.3 is 0 Å². The molecule has 0 radical (unpaired) electrons. The van der Waals surface area contributed by atoms with Crippen LogP contribution in [-0.2, 0) is 0 Å². The van der Waals surface area contributed by atoms with Crippen molar-refractivity contribution < 1.29 is 9.53 Å². The molecule has 0 spiro atoms. The van der Waals surface area contributed by atoms with Crippen molar-refractivity contribution >= 4 is 16.7 Å². The average molecular weight is 270 g/mol. The van der Waals surface area contributed by atoms with Gasteiger partial charge < -0.3 is 15.0 Å². The number of amides is 1. The van der Waals surface area contributed by atoms with Crippen LogP contribution in [0, 0.1) is 0 Å². The Bertz CT molecular complexity index is 633. The van der Waals surface area contributed by atoms with Gasteiger partial charge in [-0.2, -0.15) is 0 Å². The summed E-state index contributed by atoms with van der Waals surface area (Å²) in [5, 5.41) is 5.28. The molecule has 0 aromatic heterocycles. The highest BCUT2D eigenvalue weighted by Gasteiger charge is 2.23.